The maximum atomic E-state index is 11.7. The molecule has 5 nitrogen and oxygen atoms in total. The highest BCUT2D eigenvalue weighted by atomic mass is 35.5. The third-order valence-electron chi connectivity index (χ3n) is 2.28. The van der Waals surface area contributed by atoms with E-state index in [1.165, 1.54) is 7.11 Å². The highest BCUT2D eigenvalue weighted by molar-refractivity contribution is 5.85. The summed E-state index contributed by atoms with van der Waals surface area (Å²) in [4.78, 5) is 24.2. The molecule has 1 amide bonds. The second kappa shape index (κ2) is 9.42. The van der Waals surface area contributed by atoms with Crippen LogP contribution in [0, 0.1) is 0 Å². The first-order chi connectivity index (χ1) is 7.06. The first-order valence-corrected chi connectivity index (χ1v) is 5.17. The summed E-state index contributed by atoms with van der Waals surface area (Å²) in [6.45, 7) is 5.07. The third kappa shape index (κ3) is 5.92. The predicted molar refractivity (Wildman–Crippen MR) is 64.4 cm³/mol. The van der Waals surface area contributed by atoms with Crippen molar-refractivity contribution < 1.29 is 14.3 Å². The molecule has 0 rings (SSSR count). The smallest absolute Gasteiger partial charge is 0.305 e. The van der Waals surface area contributed by atoms with E-state index in [0.717, 1.165) is 0 Å². The Morgan fingerprint density at radius 3 is 2.19 bits per heavy atom. The van der Waals surface area contributed by atoms with E-state index in [1.54, 1.807) is 4.90 Å². The summed E-state index contributed by atoms with van der Waals surface area (Å²) in [7, 11) is 1.32. The second-order valence-corrected chi connectivity index (χ2v) is 3.23. The SMILES string of the molecule is CCN(CC)C(=O)C(N)CCC(=O)OC.Cl. The van der Waals surface area contributed by atoms with Crippen LogP contribution in [0.4, 0.5) is 0 Å². The summed E-state index contributed by atoms with van der Waals surface area (Å²) in [6, 6.07) is -0.607. The van der Waals surface area contributed by atoms with Crippen LogP contribution in [0.3, 0.4) is 0 Å². The molecule has 0 bridgehead atoms. The van der Waals surface area contributed by atoms with Gasteiger partial charge in [-0.1, -0.05) is 0 Å². The number of carbonyl (C=O) groups is 2. The Bertz CT molecular complexity index is 220. The molecule has 6 heteroatoms. The minimum atomic E-state index is -0.607. The molecular formula is C10H21ClN2O3. The monoisotopic (exact) mass is 252 g/mol. The number of esters is 1. The summed E-state index contributed by atoms with van der Waals surface area (Å²) in [5, 5.41) is 0. The lowest BCUT2D eigenvalue weighted by molar-refractivity contribution is -0.141. The maximum Gasteiger partial charge on any atom is 0.305 e. The summed E-state index contributed by atoms with van der Waals surface area (Å²) in [6.07, 6.45) is 0.521. The van der Waals surface area contributed by atoms with Gasteiger partial charge in [0.25, 0.3) is 0 Å². The van der Waals surface area contributed by atoms with Crippen molar-refractivity contribution in [1.82, 2.24) is 4.90 Å². The molecule has 0 aromatic heterocycles. The molecule has 0 saturated heterocycles. The van der Waals surface area contributed by atoms with Crippen molar-refractivity contribution in [2.24, 2.45) is 5.73 Å². The zero-order valence-electron chi connectivity index (χ0n) is 10.1. The Morgan fingerprint density at radius 1 is 1.31 bits per heavy atom. The van der Waals surface area contributed by atoms with Gasteiger partial charge in [-0.15, -0.1) is 12.4 Å². The fraction of sp³-hybridized carbons (Fsp3) is 0.800. The highest BCUT2D eigenvalue weighted by Gasteiger charge is 2.19. The number of halogens is 1. The number of likely N-dealkylation sites (N-methyl/N-ethyl adjacent to an activating group) is 1. The number of nitrogens with zero attached hydrogens (tertiary/aromatic N) is 1. The van der Waals surface area contributed by atoms with Gasteiger partial charge in [0.2, 0.25) is 5.91 Å². The molecule has 0 heterocycles. The number of amides is 1. The highest BCUT2D eigenvalue weighted by Crippen LogP contribution is 2.01. The number of hydrogen-bond donors (Lipinski definition) is 1. The van der Waals surface area contributed by atoms with E-state index in [0.29, 0.717) is 19.5 Å². The molecule has 16 heavy (non-hydrogen) atoms. The van der Waals surface area contributed by atoms with Gasteiger partial charge in [-0.25, -0.2) is 0 Å². The van der Waals surface area contributed by atoms with Crippen LogP contribution >= 0.6 is 12.4 Å². The Labute approximate surface area is 103 Å². The lowest BCUT2D eigenvalue weighted by Crippen LogP contribution is -2.43. The molecule has 1 unspecified atom stereocenters. The fourth-order valence-electron chi connectivity index (χ4n) is 1.27. The quantitative estimate of drug-likeness (QED) is 0.701. The van der Waals surface area contributed by atoms with Crippen molar-refractivity contribution in [3.05, 3.63) is 0 Å². The zero-order chi connectivity index (χ0) is 11.8. The van der Waals surface area contributed by atoms with Gasteiger partial charge >= 0.3 is 5.97 Å². The van der Waals surface area contributed by atoms with Gasteiger partial charge in [-0.05, 0) is 20.3 Å². The Balaban J connectivity index is 0. The molecule has 0 saturated carbocycles. The van der Waals surface area contributed by atoms with Crippen LogP contribution in [0.1, 0.15) is 26.7 Å². The molecule has 0 aliphatic rings. The summed E-state index contributed by atoms with van der Waals surface area (Å²) in [5.74, 6) is -0.443. The largest absolute Gasteiger partial charge is 0.469 e. The van der Waals surface area contributed by atoms with E-state index >= 15 is 0 Å². The predicted octanol–water partition coefficient (Wildman–Crippen LogP) is 0.557. The van der Waals surface area contributed by atoms with Crippen molar-refractivity contribution in [3.63, 3.8) is 0 Å². The number of nitrogens with two attached hydrogens (primary N) is 1. The van der Waals surface area contributed by atoms with Crippen LogP contribution in [-0.2, 0) is 14.3 Å². The van der Waals surface area contributed by atoms with Gasteiger partial charge in [-0.2, -0.15) is 0 Å². The van der Waals surface area contributed by atoms with Crippen molar-refractivity contribution in [1.29, 1.82) is 0 Å². The third-order valence-corrected chi connectivity index (χ3v) is 2.28. The summed E-state index contributed by atoms with van der Waals surface area (Å²) < 4.78 is 4.47. The van der Waals surface area contributed by atoms with Crippen LogP contribution < -0.4 is 5.73 Å². The summed E-state index contributed by atoms with van der Waals surface area (Å²) >= 11 is 0. The molecule has 0 aromatic rings. The van der Waals surface area contributed by atoms with Crippen molar-refractivity contribution in [2.45, 2.75) is 32.7 Å². The fourth-order valence-corrected chi connectivity index (χ4v) is 1.27. The number of rotatable bonds is 6. The first-order valence-electron chi connectivity index (χ1n) is 5.17. The lowest BCUT2D eigenvalue weighted by atomic mass is 10.1. The maximum absolute atomic E-state index is 11.7. The van der Waals surface area contributed by atoms with E-state index in [9.17, 15) is 9.59 Å². The van der Waals surface area contributed by atoms with Crippen LogP contribution in [0.25, 0.3) is 0 Å². The van der Waals surface area contributed by atoms with E-state index < -0.39 is 6.04 Å². The molecule has 1 atom stereocenters. The molecule has 0 aliphatic carbocycles. The average molecular weight is 253 g/mol. The van der Waals surface area contributed by atoms with E-state index in [2.05, 4.69) is 4.74 Å². The lowest BCUT2D eigenvalue weighted by Gasteiger charge is -2.22. The molecule has 0 aliphatic heterocycles. The van der Waals surface area contributed by atoms with Gasteiger partial charge in [-0.3, -0.25) is 9.59 Å². The molecule has 2 N–H and O–H groups in total. The normalized spacial score (nSPS) is 11.2. The number of methoxy groups -OCH3 is 1. The molecule has 0 radical (unpaired) electrons. The van der Waals surface area contributed by atoms with Crippen molar-refractivity contribution >= 4 is 24.3 Å². The first kappa shape index (κ1) is 17.6. The van der Waals surface area contributed by atoms with Crippen molar-refractivity contribution in [3.8, 4) is 0 Å². The molecular weight excluding hydrogens is 232 g/mol. The number of hydrogen-bond acceptors (Lipinski definition) is 4. The molecule has 0 fully saturated rings. The Kier molecular flexibility index (Phi) is 10.3. The van der Waals surface area contributed by atoms with Crippen LogP contribution in [0.5, 0.6) is 0 Å². The van der Waals surface area contributed by atoms with E-state index in [-0.39, 0.29) is 30.7 Å². The zero-order valence-corrected chi connectivity index (χ0v) is 10.9. The average Bonchev–Trinajstić information content (AvgIpc) is 2.26. The van der Waals surface area contributed by atoms with Crippen LogP contribution in [0.2, 0.25) is 0 Å². The molecule has 0 aromatic carbocycles. The van der Waals surface area contributed by atoms with Gasteiger partial charge in [0.15, 0.2) is 0 Å². The standard InChI is InChI=1S/C10H20N2O3.ClH/c1-4-12(5-2)10(14)8(11)6-7-9(13)15-3;/h8H,4-7,11H2,1-3H3;1H. The summed E-state index contributed by atoms with van der Waals surface area (Å²) in [5.41, 5.74) is 5.67. The van der Waals surface area contributed by atoms with Gasteiger partial charge < -0.3 is 15.4 Å². The Morgan fingerprint density at radius 2 is 1.81 bits per heavy atom. The number of carbonyl (C=O) groups excluding carboxylic acids is 2. The minimum Gasteiger partial charge on any atom is -0.469 e. The van der Waals surface area contributed by atoms with Gasteiger partial charge in [0, 0.05) is 19.5 Å². The van der Waals surface area contributed by atoms with Gasteiger partial charge in [0.05, 0.1) is 13.2 Å². The molecule has 96 valence electrons. The van der Waals surface area contributed by atoms with Gasteiger partial charge in [0.1, 0.15) is 0 Å². The van der Waals surface area contributed by atoms with Crippen LogP contribution in [0.15, 0.2) is 0 Å². The molecule has 0 spiro atoms. The van der Waals surface area contributed by atoms with Crippen molar-refractivity contribution in [2.75, 3.05) is 20.2 Å². The van der Waals surface area contributed by atoms with E-state index in [4.69, 9.17) is 5.73 Å². The minimum absolute atomic E-state index is 0. The van der Waals surface area contributed by atoms with E-state index in [1.807, 2.05) is 13.8 Å². The second-order valence-electron chi connectivity index (χ2n) is 3.23. The van der Waals surface area contributed by atoms with Crippen LogP contribution in [-0.4, -0.2) is 43.0 Å². The topological polar surface area (TPSA) is 72.6 Å². The number of ether oxygens (including phenoxy) is 1. The Hall–Kier alpha value is -0.810.